The second-order valence-electron chi connectivity index (χ2n) is 2.15. The summed E-state index contributed by atoms with van der Waals surface area (Å²) in [5.41, 5.74) is 10.4. The van der Waals surface area contributed by atoms with Crippen LogP contribution in [0.2, 0.25) is 0 Å². The monoisotopic (exact) mass is 270 g/mol. The third kappa shape index (κ3) is 12.1. The molecule has 0 aliphatic heterocycles. The van der Waals surface area contributed by atoms with E-state index in [4.69, 9.17) is 30.7 Å². The predicted octanol–water partition coefficient (Wildman–Crippen LogP) is -3.15. The minimum atomic E-state index is -4.64. The Morgan fingerprint density at radius 3 is 1.76 bits per heavy atom. The zero-order chi connectivity index (χ0) is 12.8. The average molecular weight is 270 g/mol. The molecule has 0 atom stereocenters. The Labute approximate surface area is 94.3 Å². The molecule has 0 fully saturated rings. The van der Waals surface area contributed by atoms with Crippen LogP contribution >= 0.6 is 7.82 Å². The standard InChI is InChI=1S/C4H6N6O.H3O4P.H2O/c5-2-8-3(6)10-4(9-2)7-1-11;1-5(2,3)4;/h1H,(H5,5,6,7,8,9,10,11);(H3,1,2,3,4);1H2. The molecule has 1 aromatic heterocycles. The summed E-state index contributed by atoms with van der Waals surface area (Å²) < 4.78 is 8.88. The van der Waals surface area contributed by atoms with Crippen molar-refractivity contribution in [1.82, 2.24) is 15.0 Å². The molecule has 0 aliphatic rings. The van der Waals surface area contributed by atoms with Gasteiger partial charge in [0.2, 0.25) is 24.3 Å². The molecule has 0 saturated carbocycles. The van der Waals surface area contributed by atoms with Gasteiger partial charge in [-0.25, -0.2) is 4.57 Å². The van der Waals surface area contributed by atoms with Crippen LogP contribution in [0.5, 0.6) is 0 Å². The second-order valence-corrected chi connectivity index (χ2v) is 3.18. The molecule has 0 saturated heterocycles. The average Bonchev–Trinajstić information content (AvgIpc) is 1.98. The number of aromatic nitrogens is 3. The summed E-state index contributed by atoms with van der Waals surface area (Å²) in [5, 5.41) is 2.19. The second kappa shape index (κ2) is 7.43. The number of nitrogens with one attached hydrogen (secondary N) is 1. The maximum Gasteiger partial charge on any atom is 0.466 e. The van der Waals surface area contributed by atoms with E-state index in [9.17, 15) is 4.79 Å². The highest BCUT2D eigenvalue weighted by atomic mass is 31.2. The van der Waals surface area contributed by atoms with Gasteiger partial charge < -0.3 is 31.6 Å². The minimum absolute atomic E-state index is 0. The molecule has 0 aliphatic carbocycles. The van der Waals surface area contributed by atoms with Crippen molar-refractivity contribution in [3.05, 3.63) is 0 Å². The lowest BCUT2D eigenvalue weighted by Crippen LogP contribution is -2.07. The lowest BCUT2D eigenvalue weighted by atomic mass is 10.8. The van der Waals surface area contributed by atoms with Gasteiger partial charge in [0.15, 0.2) is 0 Å². The first-order valence-electron chi connectivity index (χ1n) is 3.48. The summed E-state index contributed by atoms with van der Waals surface area (Å²) in [4.78, 5) is 42.1. The highest BCUT2D eigenvalue weighted by Gasteiger charge is 2.00. The van der Waals surface area contributed by atoms with E-state index in [2.05, 4.69) is 20.3 Å². The molecule has 0 unspecified atom stereocenters. The predicted molar refractivity (Wildman–Crippen MR) is 56.2 cm³/mol. The SMILES string of the molecule is Nc1nc(N)nc(NC=O)n1.O.O=P(O)(O)O. The van der Waals surface area contributed by atoms with E-state index in [1.807, 2.05) is 0 Å². The lowest BCUT2D eigenvalue weighted by molar-refractivity contribution is -0.105. The van der Waals surface area contributed by atoms with Crippen LogP contribution in [0.15, 0.2) is 0 Å². The first kappa shape index (κ1) is 17.5. The van der Waals surface area contributed by atoms with Crippen LogP contribution in [0.3, 0.4) is 0 Å². The summed E-state index contributed by atoms with van der Waals surface area (Å²) >= 11 is 0. The number of anilines is 3. The van der Waals surface area contributed by atoms with E-state index in [1.165, 1.54) is 0 Å². The van der Waals surface area contributed by atoms with Gasteiger partial charge in [0.25, 0.3) is 0 Å². The normalized spacial score (nSPS) is 9.35. The number of nitrogens with two attached hydrogens (primary N) is 2. The van der Waals surface area contributed by atoms with Crippen LogP contribution in [0.25, 0.3) is 0 Å². The molecule has 1 heterocycles. The number of nitrogen functional groups attached to an aromatic ring is 2. The minimum Gasteiger partial charge on any atom is -0.412 e. The number of amides is 1. The Bertz CT molecular complexity index is 379. The van der Waals surface area contributed by atoms with Gasteiger partial charge >= 0.3 is 7.82 Å². The zero-order valence-corrected chi connectivity index (χ0v) is 9.07. The molecule has 1 rings (SSSR count). The Morgan fingerprint density at radius 1 is 1.12 bits per heavy atom. The number of carbonyl (C=O) groups excluding carboxylic acids is 1. The molecule has 12 nitrogen and oxygen atoms in total. The highest BCUT2D eigenvalue weighted by Crippen LogP contribution is 2.25. The van der Waals surface area contributed by atoms with Crippen molar-refractivity contribution in [2.45, 2.75) is 0 Å². The third-order valence-electron chi connectivity index (χ3n) is 0.858. The quantitative estimate of drug-likeness (QED) is 0.233. The van der Waals surface area contributed by atoms with Gasteiger partial charge in [0.05, 0.1) is 0 Å². The first-order chi connectivity index (χ1) is 7.22. The maximum absolute atomic E-state index is 9.90. The van der Waals surface area contributed by atoms with Gasteiger partial charge in [-0.05, 0) is 0 Å². The molecule has 0 bridgehead atoms. The molecule has 13 heteroatoms. The number of hydrogen-bond donors (Lipinski definition) is 6. The Hall–Kier alpha value is -1.85. The summed E-state index contributed by atoms with van der Waals surface area (Å²) in [6, 6.07) is 0. The van der Waals surface area contributed by atoms with E-state index in [-0.39, 0.29) is 23.3 Å². The van der Waals surface area contributed by atoms with E-state index in [0.717, 1.165) is 0 Å². The molecule has 10 N–H and O–H groups in total. The molecule has 0 radical (unpaired) electrons. The Balaban J connectivity index is 0. The largest absolute Gasteiger partial charge is 0.466 e. The number of carbonyl (C=O) groups is 1. The fraction of sp³-hybridized carbons (Fsp3) is 0. The first-order valence-corrected chi connectivity index (χ1v) is 5.04. The topological polar surface area (TPSA) is 229 Å². The van der Waals surface area contributed by atoms with E-state index >= 15 is 0 Å². The van der Waals surface area contributed by atoms with Crippen LogP contribution in [0.4, 0.5) is 17.8 Å². The van der Waals surface area contributed by atoms with Gasteiger partial charge in [0.1, 0.15) is 0 Å². The van der Waals surface area contributed by atoms with Crippen molar-refractivity contribution in [2.75, 3.05) is 16.8 Å². The maximum atomic E-state index is 9.90. The fourth-order valence-electron chi connectivity index (χ4n) is 0.527. The van der Waals surface area contributed by atoms with E-state index in [0.29, 0.717) is 6.41 Å². The number of phosphoric acid groups is 1. The van der Waals surface area contributed by atoms with Crippen molar-refractivity contribution in [3.8, 4) is 0 Å². The molecule has 0 aromatic carbocycles. The van der Waals surface area contributed by atoms with Crippen molar-refractivity contribution >= 4 is 32.1 Å². The summed E-state index contributed by atoms with van der Waals surface area (Å²) in [6.45, 7) is 0. The van der Waals surface area contributed by atoms with Gasteiger partial charge in [0, 0.05) is 0 Å². The highest BCUT2D eigenvalue weighted by molar-refractivity contribution is 7.45. The molecule has 0 spiro atoms. The van der Waals surface area contributed by atoms with Gasteiger partial charge in [-0.2, -0.15) is 15.0 Å². The van der Waals surface area contributed by atoms with Crippen molar-refractivity contribution in [1.29, 1.82) is 0 Å². The number of nitrogens with zero attached hydrogens (tertiary/aromatic N) is 3. The molecule has 98 valence electrons. The van der Waals surface area contributed by atoms with Crippen LogP contribution < -0.4 is 16.8 Å². The smallest absolute Gasteiger partial charge is 0.412 e. The van der Waals surface area contributed by atoms with Crippen molar-refractivity contribution in [2.24, 2.45) is 0 Å². The fourth-order valence-corrected chi connectivity index (χ4v) is 0.527. The van der Waals surface area contributed by atoms with Gasteiger partial charge in [-0.1, -0.05) is 0 Å². The van der Waals surface area contributed by atoms with Crippen molar-refractivity contribution < 1.29 is 29.5 Å². The van der Waals surface area contributed by atoms with Crippen molar-refractivity contribution in [3.63, 3.8) is 0 Å². The summed E-state index contributed by atoms with van der Waals surface area (Å²) in [5.74, 6) is -0.00583. The summed E-state index contributed by atoms with van der Waals surface area (Å²) in [6.07, 6.45) is 0.425. The molecular weight excluding hydrogens is 259 g/mol. The van der Waals surface area contributed by atoms with Gasteiger partial charge in [-0.3, -0.25) is 10.1 Å². The molecule has 1 aromatic rings. The van der Waals surface area contributed by atoms with E-state index < -0.39 is 7.82 Å². The van der Waals surface area contributed by atoms with Gasteiger partial charge in [-0.15, -0.1) is 0 Å². The zero-order valence-electron chi connectivity index (χ0n) is 8.18. The van der Waals surface area contributed by atoms with Crippen LogP contribution in [0.1, 0.15) is 0 Å². The number of hydrogen-bond acceptors (Lipinski definition) is 7. The molecular formula is C4H11N6O6P. The van der Waals surface area contributed by atoms with Crippen LogP contribution in [-0.2, 0) is 9.36 Å². The summed E-state index contributed by atoms with van der Waals surface area (Å²) in [7, 11) is -4.64. The van der Waals surface area contributed by atoms with Crippen LogP contribution in [-0.4, -0.2) is 41.5 Å². The third-order valence-corrected chi connectivity index (χ3v) is 0.858. The molecule has 1 amide bonds. The molecule has 17 heavy (non-hydrogen) atoms. The number of rotatable bonds is 2. The van der Waals surface area contributed by atoms with Crippen LogP contribution in [0, 0.1) is 0 Å². The lowest BCUT2D eigenvalue weighted by Gasteiger charge is -1.97. The Morgan fingerprint density at radius 2 is 1.47 bits per heavy atom. The Kier molecular flexibility index (Phi) is 7.66. The van der Waals surface area contributed by atoms with E-state index in [1.54, 1.807) is 0 Å².